The molecule has 3 N–H and O–H groups in total. The van der Waals surface area contributed by atoms with E-state index in [1.165, 1.54) is 33.6 Å². The Morgan fingerprint density at radius 1 is 1.20 bits per heavy atom. The first kappa shape index (κ1) is 17.0. The molecule has 4 rings (SSSR count). The third-order valence-electron chi connectivity index (χ3n) is 4.33. The van der Waals surface area contributed by atoms with E-state index in [-0.39, 0.29) is 0 Å². The van der Waals surface area contributed by atoms with Crippen LogP contribution in [0.1, 0.15) is 26.4 Å². The second kappa shape index (κ2) is 6.99. The molecule has 0 saturated carbocycles. The first-order chi connectivity index (χ1) is 12.0. The SMILES string of the molecule is COc1cc2c(c(N)c1C)Cc1ccccc1-2.O=C(O)c1cccs1. The number of carboxylic acids is 1. The minimum Gasteiger partial charge on any atom is -0.496 e. The molecule has 0 spiro atoms. The maximum absolute atomic E-state index is 10.1. The zero-order valence-corrected chi connectivity index (χ0v) is 14.9. The van der Waals surface area contributed by atoms with Crippen molar-refractivity contribution in [2.45, 2.75) is 13.3 Å². The van der Waals surface area contributed by atoms with Crippen LogP contribution in [0.25, 0.3) is 11.1 Å². The summed E-state index contributed by atoms with van der Waals surface area (Å²) in [7, 11) is 1.69. The summed E-state index contributed by atoms with van der Waals surface area (Å²) >= 11 is 1.23. The smallest absolute Gasteiger partial charge is 0.345 e. The zero-order valence-electron chi connectivity index (χ0n) is 14.1. The number of rotatable bonds is 2. The first-order valence-corrected chi connectivity index (χ1v) is 8.72. The van der Waals surface area contributed by atoms with Crippen molar-refractivity contribution >= 4 is 23.0 Å². The van der Waals surface area contributed by atoms with Crippen molar-refractivity contribution in [1.82, 2.24) is 0 Å². The number of anilines is 1. The molecule has 0 unspecified atom stereocenters. The Morgan fingerprint density at radius 3 is 2.56 bits per heavy atom. The van der Waals surface area contributed by atoms with Crippen molar-refractivity contribution in [3.63, 3.8) is 0 Å². The minimum atomic E-state index is -0.847. The first-order valence-electron chi connectivity index (χ1n) is 7.84. The van der Waals surface area contributed by atoms with Crippen molar-refractivity contribution in [2.75, 3.05) is 12.8 Å². The molecule has 0 atom stereocenters. The molecule has 0 amide bonds. The molecule has 0 fully saturated rings. The fourth-order valence-corrected chi connectivity index (χ4v) is 3.56. The molecule has 1 aliphatic carbocycles. The number of benzene rings is 2. The predicted molar refractivity (Wildman–Crippen MR) is 102 cm³/mol. The third kappa shape index (κ3) is 3.23. The van der Waals surface area contributed by atoms with Gasteiger partial charge in [0.15, 0.2) is 0 Å². The number of methoxy groups -OCH3 is 1. The van der Waals surface area contributed by atoms with Crippen LogP contribution in [0, 0.1) is 6.92 Å². The van der Waals surface area contributed by atoms with Gasteiger partial charge in [-0.2, -0.15) is 0 Å². The molecule has 4 nitrogen and oxygen atoms in total. The Bertz CT molecular complexity index is 917. The van der Waals surface area contributed by atoms with Crippen LogP contribution >= 0.6 is 11.3 Å². The maximum Gasteiger partial charge on any atom is 0.345 e. The minimum absolute atomic E-state index is 0.394. The highest BCUT2D eigenvalue weighted by Crippen LogP contribution is 2.43. The summed E-state index contributed by atoms with van der Waals surface area (Å²) in [5.41, 5.74) is 13.2. The number of aromatic carboxylic acids is 1. The summed E-state index contributed by atoms with van der Waals surface area (Å²) in [6, 6.07) is 13.8. The summed E-state index contributed by atoms with van der Waals surface area (Å²) < 4.78 is 5.39. The number of nitrogens with two attached hydrogens (primary N) is 1. The topological polar surface area (TPSA) is 72.5 Å². The summed E-state index contributed by atoms with van der Waals surface area (Å²) in [6.07, 6.45) is 0.933. The number of carboxylic acid groups (broad SMARTS) is 1. The van der Waals surface area contributed by atoms with E-state index in [0.717, 1.165) is 23.4 Å². The van der Waals surface area contributed by atoms with Gasteiger partial charge in [0, 0.05) is 17.7 Å². The van der Waals surface area contributed by atoms with Gasteiger partial charge in [-0.25, -0.2) is 4.79 Å². The van der Waals surface area contributed by atoms with Crippen LogP contribution in [-0.4, -0.2) is 18.2 Å². The number of fused-ring (bicyclic) bond motifs is 3. The van der Waals surface area contributed by atoms with Gasteiger partial charge in [-0.05, 0) is 46.7 Å². The van der Waals surface area contributed by atoms with Crippen LogP contribution < -0.4 is 10.5 Å². The fourth-order valence-electron chi connectivity index (χ4n) is 3.00. The van der Waals surface area contributed by atoms with E-state index in [4.69, 9.17) is 15.6 Å². The number of ether oxygens (including phenoxy) is 1. The van der Waals surface area contributed by atoms with Crippen LogP contribution in [-0.2, 0) is 6.42 Å². The number of hydrogen-bond acceptors (Lipinski definition) is 4. The zero-order chi connectivity index (χ0) is 18.0. The number of nitrogen functional groups attached to an aromatic ring is 1. The molecule has 25 heavy (non-hydrogen) atoms. The van der Waals surface area contributed by atoms with E-state index in [1.807, 2.05) is 6.92 Å². The largest absolute Gasteiger partial charge is 0.496 e. The van der Waals surface area contributed by atoms with Crippen molar-refractivity contribution in [1.29, 1.82) is 0 Å². The van der Waals surface area contributed by atoms with Gasteiger partial charge in [0.05, 0.1) is 7.11 Å². The Hall–Kier alpha value is -2.79. The van der Waals surface area contributed by atoms with Crippen LogP contribution in [0.3, 0.4) is 0 Å². The highest BCUT2D eigenvalue weighted by Gasteiger charge is 2.22. The second-order valence-corrected chi connectivity index (χ2v) is 6.71. The predicted octanol–water partition coefficient (Wildman–Crippen LogP) is 4.60. The highest BCUT2D eigenvalue weighted by molar-refractivity contribution is 7.11. The lowest BCUT2D eigenvalue weighted by Crippen LogP contribution is -1.99. The molecule has 0 saturated heterocycles. The van der Waals surface area contributed by atoms with Crippen molar-refractivity contribution < 1.29 is 14.6 Å². The molecule has 0 radical (unpaired) electrons. The number of hydrogen-bond donors (Lipinski definition) is 2. The molecule has 1 aromatic heterocycles. The summed E-state index contributed by atoms with van der Waals surface area (Å²) in [4.78, 5) is 10.5. The van der Waals surface area contributed by atoms with Gasteiger partial charge in [-0.15, -0.1) is 11.3 Å². The van der Waals surface area contributed by atoms with Crippen molar-refractivity contribution in [3.05, 3.63) is 69.4 Å². The molecule has 0 bridgehead atoms. The van der Waals surface area contributed by atoms with Crippen LogP contribution in [0.2, 0.25) is 0 Å². The highest BCUT2D eigenvalue weighted by atomic mass is 32.1. The van der Waals surface area contributed by atoms with Gasteiger partial charge in [0.25, 0.3) is 0 Å². The number of thiophene rings is 1. The van der Waals surface area contributed by atoms with E-state index < -0.39 is 5.97 Å². The van der Waals surface area contributed by atoms with Gasteiger partial charge in [0.1, 0.15) is 10.6 Å². The Balaban J connectivity index is 0.000000192. The number of carbonyl (C=O) groups is 1. The average Bonchev–Trinajstić information content (AvgIpc) is 3.26. The normalized spacial score (nSPS) is 11.1. The summed E-state index contributed by atoms with van der Waals surface area (Å²) in [5.74, 6) is 0.0259. The molecule has 5 heteroatoms. The molecule has 1 aliphatic rings. The van der Waals surface area contributed by atoms with Gasteiger partial charge in [-0.3, -0.25) is 0 Å². The van der Waals surface area contributed by atoms with E-state index >= 15 is 0 Å². The molecular formula is C20H19NO3S. The summed E-state index contributed by atoms with van der Waals surface area (Å²) in [5, 5.41) is 10.0. The Kier molecular flexibility index (Phi) is 4.76. The van der Waals surface area contributed by atoms with E-state index in [0.29, 0.717) is 4.88 Å². The maximum atomic E-state index is 10.1. The fraction of sp³-hybridized carbons (Fsp3) is 0.150. The van der Waals surface area contributed by atoms with Crippen molar-refractivity contribution in [2.24, 2.45) is 0 Å². The second-order valence-electron chi connectivity index (χ2n) is 5.76. The molecule has 3 aromatic rings. The van der Waals surface area contributed by atoms with E-state index in [2.05, 4.69) is 30.3 Å². The van der Waals surface area contributed by atoms with Gasteiger partial charge >= 0.3 is 5.97 Å². The average molecular weight is 353 g/mol. The lowest BCUT2D eigenvalue weighted by molar-refractivity contribution is 0.0702. The Labute approximate surface area is 150 Å². The Morgan fingerprint density at radius 2 is 1.96 bits per heavy atom. The quantitative estimate of drug-likeness (QED) is 0.517. The van der Waals surface area contributed by atoms with E-state index in [1.54, 1.807) is 24.6 Å². The molecule has 0 aliphatic heterocycles. The van der Waals surface area contributed by atoms with Crippen LogP contribution in [0.5, 0.6) is 5.75 Å². The van der Waals surface area contributed by atoms with Crippen LogP contribution in [0.4, 0.5) is 5.69 Å². The van der Waals surface area contributed by atoms with Crippen LogP contribution in [0.15, 0.2) is 47.8 Å². The van der Waals surface area contributed by atoms with E-state index in [9.17, 15) is 4.79 Å². The van der Waals surface area contributed by atoms with Crippen molar-refractivity contribution in [3.8, 4) is 16.9 Å². The third-order valence-corrected chi connectivity index (χ3v) is 5.18. The standard InChI is InChI=1S/C15H15NO.C5H4O2S/c1-9-14(17-2)8-12-11-6-4-3-5-10(11)7-13(12)15(9)16;6-5(7)4-2-1-3-8-4/h3-6,8H,7,16H2,1-2H3;1-3H,(H,6,7). The lowest BCUT2D eigenvalue weighted by Gasteiger charge is -2.12. The van der Waals surface area contributed by atoms with Gasteiger partial charge in [-0.1, -0.05) is 30.3 Å². The molecule has 2 aromatic carbocycles. The van der Waals surface area contributed by atoms with Gasteiger partial charge < -0.3 is 15.6 Å². The van der Waals surface area contributed by atoms with Gasteiger partial charge in [0.2, 0.25) is 0 Å². The molecule has 1 heterocycles. The molecule has 128 valence electrons. The molecular weight excluding hydrogens is 334 g/mol. The lowest BCUT2D eigenvalue weighted by atomic mass is 10.0. The monoisotopic (exact) mass is 353 g/mol. The summed E-state index contributed by atoms with van der Waals surface area (Å²) in [6.45, 7) is 2.01.